The van der Waals surface area contributed by atoms with Crippen molar-refractivity contribution in [2.75, 3.05) is 6.54 Å². The summed E-state index contributed by atoms with van der Waals surface area (Å²) in [6.07, 6.45) is 6.04. The number of halogens is 1. The lowest BCUT2D eigenvalue weighted by Gasteiger charge is -2.25. The maximum Gasteiger partial charge on any atom is 0.142 e. The summed E-state index contributed by atoms with van der Waals surface area (Å²) in [6.45, 7) is 1.86. The lowest BCUT2D eigenvalue weighted by atomic mass is 9.85. The predicted molar refractivity (Wildman–Crippen MR) is 76.3 cm³/mol. The van der Waals surface area contributed by atoms with Crippen LogP contribution in [-0.4, -0.2) is 16.5 Å². The standard InChI is InChI=1S/C14H16BrN3/c15-12-5-4-11-8-17-14(18-13(11)6-12)9-16-7-10-2-1-3-10/h4-6,8,10,16H,1-3,7,9H2. The molecule has 18 heavy (non-hydrogen) atoms. The Balaban J connectivity index is 1.67. The Bertz CT molecular complexity index is 552. The van der Waals surface area contributed by atoms with Crippen molar-refractivity contribution in [1.29, 1.82) is 0 Å². The maximum atomic E-state index is 4.57. The first-order valence-corrected chi connectivity index (χ1v) is 7.22. The van der Waals surface area contributed by atoms with Gasteiger partial charge in [0.25, 0.3) is 0 Å². The van der Waals surface area contributed by atoms with Crippen LogP contribution in [-0.2, 0) is 6.54 Å². The predicted octanol–water partition coefficient (Wildman–Crippen LogP) is 3.28. The molecule has 1 aliphatic rings. The van der Waals surface area contributed by atoms with E-state index in [1.54, 1.807) is 0 Å². The molecule has 1 aromatic heterocycles. The van der Waals surface area contributed by atoms with Crippen LogP contribution < -0.4 is 5.32 Å². The highest BCUT2D eigenvalue weighted by Crippen LogP contribution is 2.25. The molecule has 94 valence electrons. The number of benzene rings is 1. The highest BCUT2D eigenvalue weighted by atomic mass is 79.9. The Morgan fingerprint density at radius 2 is 2.22 bits per heavy atom. The quantitative estimate of drug-likeness (QED) is 0.942. The molecule has 2 aromatic rings. The van der Waals surface area contributed by atoms with E-state index in [1.165, 1.54) is 19.3 Å². The number of hydrogen-bond donors (Lipinski definition) is 1. The van der Waals surface area contributed by atoms with Gasteiger partial charge in [0.2, 0.25) is 0 Å². The monoisotopic (exact) mass is 305 g/mol. The summed E-state index contributed by atoms with van der Waals surface area (Å²) in [5.41, 5.74) is 1.000. The molecule has 1 saturated carbocycles. The molecular weight excluding hydrogens is 290 g/mol. The first kappa shape index (κ1) is 12.1. The van der Waals surface area contributed by atoms with Crippen molar-refractivity contribution in [3.8, 4) is 0 Å². The van der Waals surface area contributed by atoms with Gasteiger partial charge in [-0.25, -0.2) is 9.97 Å². The van der Waals surface area contributed by atoms with E-state index < -0.39 is 0 Å². The average molecular weight is 306 g/mol. The molecule has 0 aliphatic heterocycles. The minimum absolute atomic E-state index is 0.763. The van der Waals surface area contributed by atoms with Gasteiger partial charge in [0.1, 0.15) is 5.82 Å². The van der Waals surface area contributed by atoms with Crippen molar-refractivity contribution in [1.82, 2.24) is 15.3 Å². The van der Waals surface area contributed by atoms with Gasteiger partial charge in [0.15, 0.2) is 0 Å². The molecule has 3 rings (SSSR count). The normalized spacial score (nSPS) is 15.8. The van der Waals surface area contributed by atoms with Gasteiger partial charge in [-0.1, -0.05) is 28.4 Å². The van der Waals surface area contributed by atoms with E-state index in [2.05, 4.69) is 31.2 Å². The molecule has 1 fully saturated rings. The summed E-state index contributed by atoms with van der Waals surface area (Å²) in [7, 11) is 0. The van der Waals surface area contributed by atoms with Crippen LogP contribution in [0.25, 0.3) is 10.9 Å². The fraction of sp³-hybridized carbons (Fsp3) is 0.429. The molecule has 0 spiro atoms. The zero-order valence-corrected chi connectivity index (χ0v) is 11.8. The highest BCUT2D eigenvalue weighted by molar-refractivity contribution is 9.10. The Kier molecular flexibility index (Phi) is 3.57. The Morgan fingerprint density at radius 1 is 1.33 bits per heavy atom. The van der Waals surface area contributed by atoms with Crippen molar-refractivity contribution < 1.29 is 0 Å². The first-order valence-electron chi connectivity index (χ1n) is 6.43. The fourth-order valence-corrected chi connectivity index (χ4v) is 2.55. The van der Waals surface area contributed by atoms with Gasteiger partial charge in [-0.05, 0) is 37.4 Å². The second-order valence-corrected chi connectivity index (χ2v) is 5.83. The van der Waals surface area contributed by atoms with Gasteiger partial charge in [0, 0.05) is 16.1 Å². The lowest BCUT2D eigenvalue weighted by molar-refractivity contribution is 0.300. The Morgan fingerprint density at radius 3 is 3.00 bits per heavy atom. The molecule has 1 N–H and O–H groups in total. The average Bonchev–Trinajstić information content (AvgIpc) is 2.32. The van der Waals surface area contributed by atoms with Crippen LogP contribution in [0.1, 0.15) is 25.1 Å². The molecule has 0 unspecified atom stereocenters. The van der Waals surface area contributed by atoms with Gasteiger partial charge < -0.3 is 5.32 Å². The smallest absolute Gasteiger partial charge is 0.142 e. The van der Waals surface area contributed by atoms with E-state index in [0.717, 1.165) is 40.2 Å². The first-order chi connectivity index (χ1) is 8.81. The fourth-order valence-electron chi connectivity index (χ4n) is 2.20. The summed E-state index contributed by atoms with van der Waals surface area (Å²) in [4.78, 5) is 8.96. The highest BCUT2D eigenvalue weighted by Gasteiger charge is 2.16. The van der Waals surface area contributed by atoms with E-state index in [9.17, 15) is 0 Å². The largest absolute Gasteiger partial charge is 0.310 e. The van der Waals surface area contributed by atoms with Crippen LogP contribution >= 0.6 is 15.9 Å². The van der Waals surface area contributed by atoms with Gasteiger partial charge in [-0.3, -0.25) is 0 Å². The van der Waals surface area contributed by atoms with E-state index in [0.29, 0.717) is 0 Å². The van der Waals surface area contributed by atoms with Crippen LogP contribution in [0.3, 0.4) is 0 Å². The lowest BCUT2D eigenvalue weighted by Crippen LogP contribution is -2.27. The van der Waals surface area contributed by atoms with Gasteiger partial charge >= 0.3 is 0 Å². The van der Waals surface area contributed by atoms with Crippen molar-refractivity contribution in [3.05, 3.63) is 34.7 Å². The molecule has 4 heteroatoms. The molecule has 1 heterocycles. The minimum Gasteiger partial charge on any atom is -0.310 e. The topological polar surface area (TPSA) is 37.8 Å². The molecule has 0 amide bonds. The van der Waals surface area contributed by atoms with Crippen LogP contribution in [0.5, 0.6) is 0 Å². The van der Waals surface area contributed by atoms with Crippen LogP contribution in [0.15, 0.2) is 28.9 Å². The van der Waals surface area contributed by atoms with E-state index in [4.69, 9.17) is 0 Å². The summed E-state index contributed by atoms with van der Waals surface area (Å²) in [6, 6.07) is 6.08. The number of rotatable bonds is 4. The second-order valence-electron chi connectivity index (χ2n) is 4.92. The Hall–Kier alpha value is -1.00. The number of hydrogen-bond acceptors (Lipinski definition) is 3. The Labute approximate surface area is 115 Å². The summed E-state index contributed by atoms with van der Waals surface area (Å²) >= 11 is 3.47. The molecule has 3 nitrogen and oxygen atoms in total. The molecular formula is C14H16BrN3. The molecule has 0 radical (unpaired) electrons. The number of nitrogens with one attached hydrogen (secondary N) is 1. The zero-order chi connectivity index (χ0) is 12.4. The number of aromatic nitrogens is 2. The van der Waals surface area contributed by atoms with Gasteiger partial charge in [-0.15, -0.1) is 0 Å². The molecule has 0 bridgehead atoms. The minimum atomic E-state index is 0.763. The third-order valence-electron chi connectivity index (χ3n) is 3.54. The zero-order valence-electron chi connectivity index (χ0n) is 10.2. The van der Waals surface area contributed by atoms with E-state index in [-0.39, 0.29) is 0 Å². The van der Waals surface area contributed by atoms with Gasteiger partial charge in [-0.2, -0.15) is 0 Å². The SMILES string of the molecule is Brc1ccc2cnc(CNCC3CCC3)nc2c1. The molecule has 1 aliphatic carbocycles. The molecule has 0 saturated heterocycles. The van der Waals surface area contributed by atoms with Crippen LogP contribution in [0.4, 0.5) is 0 Å². The number of nitrogens with zero attached hydrogens (tertiary/aromatic N) is 2. The van der Waals surface area contributed by atoms with Crippen molar-refractivity contribution >= 4 is 26.8 Å². The summed E-state index contributed by atoms with van der Waals surface area (Å²) in [5, 5.41) is 4.53. The third kappa shape index (κ3) is 2.70. The second kappa shape index (κ2) is 5.33. The van der Waals surface area contributed by atoms with E-state index in [1.807, 2.05) is 24.4 Å². The summed E-state index contributed by atoms with van der Waals surface area (Å²) < 4.78 is 1.06. The van der Waals surface area contributed by atoms with Crippen molar-refractivity contribution in [3.63, 3.8) is 0 Å². The van der Waals surface area contributed by atoms with Crippen molar-refractivity contribution in [2.45, 2.75) is 25.8 Å². The van der Waals surface area contributed by atoms with Crippen LogP contribution in [0.2, 0.25) is 0 Å². The maximum absolute atomic E-state index is 4.57. The van der Waals surface area contributed by atoms with Crippen molar-refractivity contribution in [2.24, 2.45) is 5.92 Å². The van der Waals surface area contributed by atoms with Gasteiger partial charge in [0.05, 0.1) is 12.1 Å². The van der Waals surface area contributed by atoms with Crippen LogP contribution in [0, 0.1) is 5.92 Å². The third-order valence-corrected chi connectivity index (χ3v) is 4.03. The molecule has 0 atom stereocenters. The summed E-state index contributed by atoms with van der Waals surface area (Å²) in [5.74, 6) is 1.75. The molecule has 1 aromatic carbocycles. The van der Waals surface area contributed by atoms with E-state index >= 15 is 0 Å². The number of fused-ring (bicyclic) bond motifs is 1.